The van der Waals surface area contributed by atoms with E-state index in [4.69, 9.17) is 9.05 Å². The van der Waals surface area contributed by atoms with E-state index in [9.17, 15) is 4.79 Å². The summed E-state index contributed by atoms with van der Waals surface area (Å²) in [5, 5.41) is 10.5. The first kappa shape index (κ1) is 17.6. The molecule has 0 spiro atoms. The van der Waals surface area contributed by atoms with Crippen molar-refractivity contribution in [3.8, 4) is 0 Å². The van der Waals surface area contributed by atoms with Crippen LogP contribution in [-0.2, 0) is 11.3 Å². The van der Waals surface area contributed by atoms with E-state index in [1.165, 1.54) is 5.56 Å². The predicted octanol–water partition coefficient (Wildman–Crippen LogP) is 1.73. The molecule has 1 N–H and O–H groups in total. The second-order valence-electron chi connectivity index (χ2n) is 6.54. The Morgan fingerprint density at radius 1 is 1.12 bits per heavy atom. The Hall–Kier alpha value is -2.19. The molecule has 8 heteroatoms. The van der Waals surface area contributed by atoms with Crippen molar-refractivity contribution in [1.29, 1.82) is 0 Å². The van der Waals surface area contributed by atoms with E-state index < -0.39 is 0 Å². The molecule has 3 rings (SSSR count). The van der Waals surface area contributed by atoms with Gasteiger partial charge in [0.15, 0.2) is 5.82 Å². The maximum Gasteiger partial charge on any atom is 0.226 e. The van der Waals surface area contributed by atoms with Gasteiger partial charge in [-0.3, -0.25) is 9.69 Å². The van der Waals surface area contributed by atoms with Gasteiger partial charge in [0.25, 0.3) is 0 Å². The molecule has 2 aromatic rings. The maximum absolute atomic E-state index is 12.0. The van der Waals surface area contributed by atoms with E-state index in [2.05, 4.69) is 25.4 Å². The fraction of sp³-hybridized carbons (Fsp3) is 0.588. The van der Waals surface area contributed by atoms with Crippen LogP contribution in [0.5, 0.6) is 0 Å². The summed E-state index contributed by atoms with van der Waals surface area (Å²) in [4.78, 5) is 16.7. The van der Waals surface area contributed by atoms with Gasteiger partial charge in [-0.15, -0.1) is 0 Å². The molecule has 0 unspecified atom stereocenters. The highest BCUT2D eigenvalue weighted by molar-refractivity contribution is 5.89. The highest BCUT2D eigenvalue weighted by atomic mass is 16.5. The normalized spacial score (nSPS) is 16.3. The lowest BCUT2D eigenvalue weighted by Crippen LogP contribution is -2.46. The molecule has 0 aromatic carbocycles. The molecule has 0 aliphatic carbocycles. The minimum absolute atomic E-state index is 0.0357. The van der Waals surface area contributed by atoms with Crippen LogP contribution >= 0.6 is 0 Å². The molecule has 1 aliphatic rings. The number of nitrogens with one attached hydrogen (secondary N) is 1. The Bertz CT molecular complexity index is 696. The molecule has 2 aromatic heterocycles. The van der Waals surface area contributed by atoms with Crippen LogP contribution < -0.4 is 5.32 Å². The van der Waals surface area contributed by atoms with Crippen molar-refractivity contribution in [3.05, 3.63) is 28.8 Å². The summed E-state index contributed by atoms with van der Waals surface area (Å²) in [5.41, 5.74) is 2.16. The minimum atomic E-state index is -0.0357. The highest BCUT2D eigenvalue weighted by Gasteiger charge is 2.20. The van der Waals surface area contributed by atoms with Gasteiger partial charge < -0.3 is 19.3 Å². The average Bonchev–Trinajstić information content (AvgIpc) is 3.14. The first-order valence-electron chi connectivity index (χ1n) is 8.61. The Morgan fingerprint density at radius 2 is 1.84 bits per heavy atom. The molecular formula is C17H25N5O3. The lowest BCUT2D eigenvalue weighted by molar-refractivity contribution is -0.116. The van der Waals surface area contributed by atoms with E-state index in [0.717, 1.165) is 50.7 Å². The van der Waals surface area contributed by atoms with Crippen LogP contribution in [0.2, 0.25) is 0 Å². The summed E-state index contributed by atoms with van der Waals surface area (Å²) in [7, 11) is 0. The number of aryl methyl sites for hydroxylation is 3. The van der Waals surface area contributed by atoms with Crippen LogP contribution in [0.25, 0.3) is 0 Å². The van der Waals surface area contributed by atoms with E-state index >= 15 is 0 Å². The molecule has 0 radical (unpaired) electrons. The van der Waals surface area contributed by atoms with E-state index in [0.29, 0.717) is 18.0 Å². The molecule has 0 bridgehead atoms. The maximum atomic E-state index is 12.0. The van der Waals surface area contributed by atoms with Crippen LogP contribution in [0.1, 0.15) is 29.2 Å². The summed E-state index contributed by atoms with van der Waals surface area (Å²) in [6.45, 7) is 11.2. The number of anilines is 1. The SMILES string of the molecule is Cc1cc(NC(=O)CCN2CCN(Cc3c(C)noc3C)CC2)no1. The molecule has 0 atom stereocenters. The van der Waals surface area contributed by atoms with Crippen molar-refractivity contribution in [3.63, 3.8) is 0 Å². The molecular weight excluding hydrogens is 322 g/mol. The number of rotatable bonds is 6. The number of hydrogen-bond acceptors (Lipinski definition) is 7. The van der Waals surface area contributed by atoms with Crippen LogP contribution in [0, 0.1) is 20.8 Å². The smallest absolute Gasteiger partial charge is 0.226 e. The van der Waals surface area contributed by atoms with Gasteiger partial charge in [-0.05, 0) is 20.8 Å². The minimum Gasteiger partial charge on any atom is -0.361 e. The summed E-state index contributed by atoms with van der Waals surface area (Å²) < 4.78 is 10.2. The van der Waals surface area contributed by atoms with Gasteiger partial charge in [0.05, 0.1) is 5.69 Å². The molecule has 136 valence electrons. The van der Waals surface area contributed by atoms with Gasteiger partial charge >= 0.3 is 0 Å². The van der Waals surface area contributed by atoms with Crippen molar-refractivity contribution in [2.75, 3.05) is 38.0 Å². The van der Waals surface area contributed by atoms with Gasteiger partial charge in [-0.1, -0.05) is 10.3 Å². The van der Waals surface area contributed by atoms with Crippen LogP contribution in [0.4, 0.5) is 5.82 Å². The molecule has 1 fully saturated rings. The Balaban J connectivity index is 1.38. The first-order valence-corrected chi connectivity index (χ1v) is 8.61. The number of piperazine rings is 1. The molecule has 3 heterocycles. The van der Waals surface area contributed by atoms with Crippen LogP contribution in [-0.4, -0.2) is 58.7 Å². The Morgan fingerprint density at radius 3 is 2.44 bits per heavy atom. The predicted molar refractivity (Wildman–Crippen MR) is 92.2 cm³/mol. The number of hydrogen-bond donors (Lipinski definition) is 1. The van der Waals surface area contributed by atoms with Crippen molar-refractivity contribution in [2.24, 2.45) is 0 Å². The Labute approximate surface area is 147 Å². The van der Waals surface area contributed by atoms with Gasteiger partial charge in [-0.25, -0.2) is 0 Å². The quantitative estimate of drug-likeness (QED) is 0.851. The first-order chi connectivity index (χ1) is 12.0. The third-order valence-electron chi connectivity index (χ3n) is 4.58. The van der Waals surface area contributed by atoms with Gasteiger partial charge in [0.2, 0.25) is 5.91 Å². The van der Waals surface area contributed by atoms with Crippen LogP contribution in [0.15, 0.2) is 15.1 Å². The monoisotopic (exact) mass is 347 g/mol. The number of carbonyl (C=O) groups is 1. The largest absolute Gasteiger partial charge is 0.361 e. The lowest BCUT2D eigenvalue weighted by atomic mass is 10.1. The zero-order valence-electron chi connectivity index (χ0n) is 15.0. The molecule has 8 nitrogen and oxygen atoms in total. The third-order valence-corrected chi connectivity index (χ3v) is 4.58. The molecule has 1 amide bonds. The third kappa shape index (κ3) is 4.67. The summed E-state index contributed by atoms with van der Waals surface area (Å²) >= 11 is 0. The summed E-state index contributed by atoms with van der Waals surface area (Å²) in [6, 6.07) is 1.71. The summed E-state index contributed by atoms with van der Waals surface area (Å²) in [5.74, 6) is 2.03. The topological polar surface area (TPSA) is 87.6 Å². The molecule has 1 saturated heterocycles. The van der Waals surface area contributed by atoms with Gasteiger partial charge in [0.1, 0.15) is 11.5 Å². The molecule has 0 saturated carbocycles. The number of carbonyl (C=O) groups excluding carboxylic acids is 1. The summed E-state index contributed by atoms with van der Waals surface area (Å²) in [6.07, 6.45) is 0.454. The zero-order valence-corrected chi connectivity index (χ0v) is 15.0. The lowest BCUT2D eigenvalue weighted by Gasteiger charge is -2.34. The van der Waals surface area contributed by atoms with Crippen molar-refractivity contribution in [2.45, 2.75) is 33.7 Å². The van der Waals surface area contributed by atoms with Crippen LogP contribution in [0.3, 0.4) is 0 Å². The zero-order chi connectivity index (χ0) is 17.8. The van der Waals surface area contributed by atoms with E-state index in [1.807, 2.05) is 13.8 Å². The second-order valence-corrected chi connectivity index (χ2v) is 6.54. The molecule has 1 aliphatic heterocycles. The Kier molecular flexibility index (Phi) is 5.50. The second kappa shape index (κ2) is 7.79. The fourth-order valence-electron chi connectivity index (χ4n) is 3.01. The van der Waals surface area contributed by atoms with Gasteiger partial charge in [0, 0.05) is 57.3 Å². The number of nitrogens with zero attached hydrogens (tertiary/aromatic N) is 4. The molecule has 25 heavy (non-hydrogen) atoms. The average molecular weight is 347 g/mol. The standard InChI is InChI=1S/C17H25N5O3/c1-12-10-16(20-24-12)18-17(23)4-5-21-6-8-22(9-7-21)11-15-13(2)19-25-14(15)3/h10H,4-9,11H2,1-3H3,(H,18,20,23). The fourth-order valence-corrected chi connectivity index (χ4v) is 3.01. The van der Waals surface area contributed by atoms with Crippen molar-refractivity contribution in [1.82, 2.24) is 20.1 Å². The van der Waals surface area contributed by atoms with E-state index in [-0.39, 0.29) is 5.91 Å². The van der Waals surface area contributed by atoms with Crippen molar-refractivity contribution >= 4 is 11.7 Å². The number of aromatic nitrogens is 2. The number of amides is 1. The van der Waals surface area contributed by atoms with E-state index in [1.54, 1.807) is 13.0 Å². The van der Waals surface area contributed by atoms with Crippen molar-refractivity contribution < 1.29 is 13.8 Å². The van der Waals surface area contributed by atoms with Gasteiger partial charge in [-0.2, -0.15) is 0 Å². The highest BCUT2D eigenvalue weighted by Crippen LogP contribution is 2.16.